The van der Waals surface area contributed by atoms with Crippen LogP contribution in [0.2, 0.25) is 0 Å². The van der Waals surface area contributed by atoms with Crippen LogP contribution < -0.4 is 5.32 Å². The number of benzene rings is 2. The number of thioether (sulfide) groups is 1. The van der Waals surface area contributed by atoms with Crippen molar-refractivity contribution in [1.82, 2.24) is 5.32 Å². The maximum absolute atomic E-state index is 12.6. The third kappa shape index (κ3) is 3.47. The first kappa shape index (κ1) is 18.1. The topological polar surface area (TPSA) is 75.6 Å². The molecule has 2 aromatic carbocycles. The molecule has 140 valence electrons. The van der Waals surface area contributed by atoms with Crippen molar-refractivity contribution in [3.05, 3.63) is 71.8 Å². The lowest BCUT2D eigenvalue weighted by Crippen LogP contribution is -2.61. The highest BCUT2D eigenvalue weighted by molar-refractivity contribution is 8.00. The van der Waals surface area contributed by atoms with Crippen molar-refractivity contribution in [2.45, 2.75) is 35.8 Å². The summed E-state index contributed by atoms with van der Waals surface area (Å²) in [4.78, 5) is 24.9. The van der Waals surface area contributed by atoms with Crippen LogP contribution in [0.4, 0.5) is 0 Å². The number of ether oxygens (including phenoxy) is 1. The lowest BCUT2D eigenvalue weighted by molar-refractivity contribution is -0.0227. The van der Waals surface area contributed by atoms with E-state index < -0.39 is 11.6 Å². The Hall–Kier alpha value is -2.31. The van der Waals surface area contributed by atoms with Gasteiger partial charge in [0.1, 0.15) is 6.10 Å². The van der Waals surface area contributed by atoms with Gasteiger partial charge in [-0.05, 0) is 37.1 Å². The molecule has 1 heterocycles. The van der Waals surface area contributed by atoms with Crippen LogP contribution in [0.25, 0.3) is 0 Å². The van der Waals surface area contributed by atoms with Gasteiger partial charge >= 0.3 is 5.97 Å². The number of amides is 1. The zero-order valence-electron chi connectivity index (χ0n) is 14.7. The molecule has 2 aliphatic rings. The lowest BCUT2D eigenvalue weighted by Gasteiger charge is -2.40. The van der Waals surface area contributed by atoms with Gasteiger partial charge in [0.25, 0.3) is 5.91 Å². The van der Waals surface area contributed by atoms with Crippen LogP contribution in [0.3, 0.4) is 0 Å². The Balaban J connectivity index is 1.44. The van der Waals surface area contributed by atoms with Crippen molar-refractivity contribution in [2.75, 3.05) is 5.75 Å². The molecule has 1 aliphatic carbocycles. The van der Waals surface area contributed by atoms with Crippen LogP contribution in [-0.2, 0) is 4.74 Å². The molecule has 0 radical (unpaired) electrons. The maximum Gasteiger partial charge on any atom is 0.338 e. The number of hydrogen-bond donors (Lipinski definition) is 2. The number of carbonyl (C=O) groups is 2. The number of rotatable bonds is 4. The SMILES string of the molecule is O=C(N[C@]12CC[C@H](OC(=O)c3ccccc3)[C@H](SC1)[C@@H]2O)c1ccccc1. The Bertz CT molecular complexity index is 829. The van der Waals surface area contributed by atoms with Gasteiger partial charge in [-0.1, -0.05) is 36.4 Å². The minimum absolute atomic E-state index is 0.185. The molecule has 5 nitrogen and oxygen atoms in total. The average molecular weight is 383 g/mol. The zero-order chi connectivity index (χ0) is 18.9. The monoisotopic (exact) mass is 383 g/mol. The quantitative estimate of drug-likeness (QED) is 0.794. The van der Waals surface area contributed by atoms with E-state index in [1.165, 1.54) is 0 Å². The highest BCUT2D eigenvalue weighted by Crippen LogP contribution is 2.46. The number of hydrogen-bond acceptors (Lipinski definition) is 5. The third-order valence-corrected chi connectivity index (χ3v) is 6.95. The highest BCUT2D eigenvalue weighted by Gasteiger charge is 2.56. The van der Waals surface area contributed by atoms with Crippen LogP contribution in [0, 0.1) is 0 Å². The predicted octanol–water partition coefficient (Wildman–Crippen LogP) is 2.65. The summed E-state index contributed by atoms with van der Waals surface area (Å²) >= 11 is 1.56. The van der Waals surface area contributed by atoms with Crippen LogP contribution in [0.15, 0.2) is 60.7 Å². The van der Waals surface area contributed by atoms with Gasteiger partial charge in [0, 0.05) is 11.3 Å². The van der Waals surface area contributed by atoms with Crippen LogP contribution >= 0.6 is 11.8 Å². The molecular formula is C21H21NO4S. The van der Waals surface area contributed by atoms with Gasteiger partial charge in [0.05, 0.1) is 22.5 Å². The van der Waals surface area contributed by atoms with Crippen LogP contribution in [0.1, 0.15) is 33.6 Å². The maximum atomic E-state index is 12.6. The second-order valence-corrected chi connectivity index (χ2v) is 8.21. The summed E-state index contributed by atoms with van der Waals surface area (Å²) in [7, 11) is 0. The first-order valence-corrected chi connectivity index (χ1v) is 10.1. The number of aliphatic hydroxyl groups is 1. The van der Waals surface area contributed by atoms with E-state index in [9.17, 15) is 14.7 Å². The molecule has 0 unspecified atom stereocenters. The van der Waals surface area contributed by atoms with Crippen molar-refractivity contribution >= 4 is 23.6 Å². The standard InChI is InChI=1S/C21H21NO4S/c23-18-17-16(26-20(25)15-9-5-2-6-10-15)11-12-21(18,13-27-17)22-19(24)14-7-3-1-4-8-14/h1-10,16-18,23H,11-13H2,(H,22,24)/t16-,17-,18-,21+/m0/s1. The van der Waals surface area contributed by atoms with E-state index >= 15 is 0 Å². The summed E-state index contributed by atoms with van der Waals surface area (Å²) in [6, 6.07) is 17.9. The van der Waals surface area contributed by atoms with E-state index in [0.29, 0.717) is 29.7 Å². The van der Waals surface area contributed by atoms with Crippen molar-refractivity contribution in [2.24, 2.45) is 0 Å². The fourth-order valence-corrected chi connectivity index (χ4v) is 5.52. The number of nitrogens with one attached hydrogen (secondary N) is 1. The number of carbonyl (C=O) groups excluding carboxylic acids is 2. The van der Waals surface area contributed by atoms with E-state index in [-0.39, 0.29) is 23.2 Å². The smallest absolute Gasteiger partial charge is 0.338 e. The Labute approximate surface area is 162 Å². The molecule has 2 aromatic rings. The van der Waals surface area contributed by atoms with Gasteiger partial charge in [-0.2, -0.15) is 0 Å². The van der Waals surface area contributed by atoms with Gasteiger partial charge in [0.15, 0.2) is 0 Å². The van der Waals surface area contributed by atoms with Gasteiger partial charge in [0.2, 0.25) is 0 Å². The highest BCUT2D eigenvalue weighted by atomic mass is 32.2. The van der Waals surface area contributed by atoms with E-state index in [4.69, 9.17) is 4.74 Å². The Morgan fingerprint density at radius 2 is 1.67 bits per heavy atom. The summed E-state index contributed by atoms with van der Waals surface area (Å²) in [6.45, 7) is 0. The summed E-state index contributed by atoms with van der Waals surface area (Å²) in [6.07, 6.45) is 0.0742. The number of aliphatic hydroxyl groups excluding tert-OH is 1. The van der Waals surface area contributed by atoms with Crippen molar-refractivity contribution in [3.63, 3.8) is 0 Å². The van der Waals surface area contributed by atoms with Gasteiger partial charge in [-0.25, -0.2) is 4.79 Å². The summed E-state index contributed by atoms with van der Waals surface area (Å²) < 4.78 is 5.68. The number of fused-ring (bicyclic) bond motifs is 2. The minimum Gasteiger partial charge on any atom is -0.457 e. The van der Waals surface area contributed by atoms with Gasteiger partial charge < -0.3 is 15.2 Å². The molecule has 6 heteroatoms. The molecule has 0 spiro atoms. The zero-order valence-corrected chi connectivity index (χ0v) is 15.5. The van der Waals surface area contributed by atoms with Gasteiger partial charge in [-0.15, -0.1) is 11.8 Å². The number of esters is 1. The summed E-state index contributed by atoms with van der Waals surface area (Å²) in [5, 5.41) is 13.7. The molecular weight excluding hydrogens is 362 g/mol. The molecule has 2 fully saturated rings. The molecule has 2 bridgehead atoms. The van der Waals surface area contributed by atoms with Crippen molar-refractivity contribution < 1.29 is 19.4 Å². The molecule has 2 N–H and O–H groups in total. The second kappa shape index (κ2) is 7.37. The summed E-state index contributed by atoms with van der Waals surface area (Å²) in [5.74, 6) is 0.0494. The molecule has 1 aliphatic heterocycles. The fourth-order valence-electron chi connectivity index (χ4n) is 3.80. The van der Waals surface area contributed by atoms with E-state index in [1.807, 2.05) is 24.3 Å². The first-order chi connectivity index (χ1) is 13.1. The summed E-state index contributed by atoms with van der Waals surface area (Å²) in [5.41, 5.74) is 0.409. The minimum atomic E-state index is -0.752. The molecule has 1 amide bonds. The van der Waals surface area contributed by atoms with E-state index in [2.05, 4.69) is 5.32 Å². The van der Waals surface area contributed by atoms with Gasteiger partial charge in [-0.3, -0.25) is 4.79 Å². The second-order valence-electron chi connectivity index (χ2n) is 7.05. The molecule has 1 saturated heterocycles. The fraction of sp³-hybridized carbons (Fsp3) is 0.333. The Morgan fingerprint density at radius 3 is 2.33 bits per heavy atom. The molecule has 4 atom stereocenters. The molecule has 27 heavy (non-hydrogen) atoms. The molecule has 4 rings (SSSR count). The largest absolute Gasteiger partial charge is 0.457 e. The van der Waals surface area contributed by atoms with E-state index in [1.54, 1.807) is 48.2 Å². The molecule has 1 saturated carbocycles. The van der Waals surface area contributed by atoms with E-state index in [0.717, 1.165) is 0 Å². The predicted molar refractivity (Wildman–Crippen MR) is 104 cm³/mol. The average Bonchev–Trinajstić information content (AvgIpc) is 2.90. The third-order valence-electron chi connectivity index (χ3n) is 5.32. The normalized spacial score (nSPS) is 29.1. The van der Waals surface area contributed by atoms with Crippen LogP contribution in [-0.4, -0.2) is 45.7 Å². The Kier molecular flexibility index (Phi) is 4.93. The van der Waals surface area contributed by atoms with Crippen molar-refractivity contribution in [1.29, 1.82) is 0 Å². The Morgan fingerprint density at radius 1 is 1.04 bits per heavy atom. The molecule has 0 aromatic heterocycles. The van der Waals surface area contributed by atoms with Crippen molar-refractivity contribution in [3.8, 4) is 0 Å². The first-order valence-electron chi connectivity index (χ1n) is 9.02. The van der Waals surface area contributed by atoms with Crippen LogP contribution in [0.5, 0.6) is 0 Å². The lowest BCUT2D eigenvalue weighted by atomic mass is 9.79.